The summed E-state index contributed by atoms with van der Waals surface area (Å²) in [6.45, 7) is 2.07. The molecule has 0 saturated heterocycles. The first kappa shape index (κ1) is 18.1. The molecule has 0 aromatic heterocycles. The van der Waals surface area contributed by atoms with Gasteiger partial charge in [0, 0.05) is 18.2 Å². The molecule has 3 N–H and O–H groups in total. The summed E-state index contributed by atoms with van der Waals surface area (Å²) >= 11 is 5.95. The SMILES string of the molecule is CC1CCCCC1(CN)NS(=O)(=O)c1c(Cl)cccc1[N+](=O)[O-]. The average molecular weight is 362 g/mol. The predicted molar refractivity (Wildman–Crippen MR) is 87.8 cm³/mol. The van der Waals surface area contributed by atoms with Crippen molar-refractivity contribution < 1.29 is 13.3 Å². The number of nitro groups is 1. The van der Waals surface area contributed by atoms with Crippen LogP contribution in [0.4, 0.5) is 5.69 Å². The van der Waals surface area contributed by atoms with E-state index in [9.17, 15) is 18.5 Å². The lowest BCUT2D eigenvalue weighted by Gasteiger charge is -2.42. The number of hydrogen-bond acceptors (Lipinski definition) is 5. The second-order valence-corrected chi connectivity index (χ2v) is 7.98. The molecular formula is C14H20ClN3O4S. The topological polar surface area (TPSA) is 115 Å². The van der Waals surface area contributed by atoms with E-state index in [-0.39, 0.29) is 17.5 Å². The van der Waals surface area contributed by atoms with E-state index in [1.165, 1.54) is 12.1 Å². The first-order valence-electron chi connectivity index (χ1n) is 7.40. The normalized spacial score (nSPS) is 25.3. The summed E-state index contributed by atoms with van der Waals surface area (Å²) in [6, 6.07) is 3.80. The standard InChI is InChI=1S/C14H20ClN3O4S/c1-10-5-2-3-8-14(10,9-16)17-23(21,22)13-11(15)6-4-7-12(13)18(19)20/h4,6-7,10,17H,2-3,5,8-9,16H2,1H3. The Morgan fingerprint density at radius 1 is 1.48 bits per heavy atom. The zero-order valence-corrected chi connectivity index (χ0v) is 14.4. The third-order valence-electron chi connectivity index (χ3n) is 4.57. The summed E-state index contributed by atoms with van der Waals surface area (Å²) in [4.78, 5) is 9.90. The molecule has 9 heteroatoms. The first-order valence-corrected chi connectivity index (χ1v) is 9.26. The quantitative estimate of drug-likeness (QED) is 0.617. The summed E-state index contributed by atoms with van der Waals surface area (Å²) in [5, 5.41) is 11.0. The monoisotopic (exact) mass is 361 g/mol. The fraction of sp³-hybridized carbons (Fsp3) is 0.571. The largest absolute Gasteiger partial charge is 0.329 e. The van der Waals surface area contributed by atoms with Crippen molar-refractivity contribution in [2.24, 2.45) is 11.7 Å². The molecule has 7 nitrogen and oxygen atoms in total. The van der Waals surface area contributed by atoms with E-state index in [2.05, 4.69) is 4.72 Å². The van der Waals surface area contributed by atoms with Crippen LogP contribution in [-0.2, 0) is 10.0 Å². The highest BCUT2D eigenvalue weighted by Crippen LogP contribution is 2.37. The summed E-state index contributed by atoms with van der Waals surface area (Å²) < 4.78 is 28.2. The van der Waals surface area contributed by atoms with Gasteiger partial charge in [-0.2, -0.15) is 0 Å². The second kappa shape index (κ2) is 6.72. The first-order chi connectivity index (χ1) is 10.7. The van der Waals surface area contributed by atoms with Crippen LogP contribution >= 0.6 is 11.6 Å². The molecule has 0 amide bonds. The Morgan fingerprint density at radius 3 is 2.74 bits per heavy atom. The maximum atomic E-state index is 12.8. The molecule has 2 unspecified atom stereocenters. The van der Waals surface area contributed by atoms with Gasteiger partial charge in [-0.3, -0.25) is 10.1 Å². The van der Waals surface area contributed by atoms with Gasteiger partial charge in [0.25, 0.3) is 5.69 Å². The van der Waals surface area contributed by atoms with Gasteiger partial charge in [-0.1, -0.05) is 37.4 Å². The molecule has 1 aromatic carbocycles. The lowest BCUT2D eigenvalue weighted by atomic mass is 9.74. The minimum absolute atomic E-state index is 0.0394. The van der Waals surface area contributed by atoms with Crippen LogP contribution in [0.5, 0.6) is 0 Å². The lowest BCUT2D eigenvalue weighted by molar-refractivity contribution is -0.387. The number of rotatable bonds is 5. The number of sulfonamides is 1. The Kier molecular flexibility index (Phi) is 5.30. The molecule has 1 saturated carbocycles. The van der Waals surface area contributed by atoms with Gasteiger partial charge in [0.05, 0.1) is 9.95 Å². The van der Waals surface area contributed by atoms with Gasteiger partial charge in [-0.15, -0.1) is 0 Å². The molecule has 1 aliphatic carbocycles. The molecule has 1 aromatic rings. The van der Waals surface area contributed by atoms with Gasteiger partial charge in [0.1, 0.15) is 0 Å². The van der Waals surface area contributed by atoms with Gasteiger partial charge in [-0.25, -0.2) is 13.1 Å². The number of benzene rings is 1. The second-order valence-electron chi connectivity index (χ2n) is 5.96. The summed E-state index contributed by atoms with van der Waals surface area (Å²) in [7, 11) is -4.17. The Bertz CT molecular complexity index is 710. The highest BCUT2D eigenvalue weighted by atomic mass is 35.5. The van der Waals surface area contributed by atoms with Crippen LogP contribution in [0, 0.1) is 16.0 Å². The van der Waals surface area contributed by atoms with Crippen LogP contribution in [0.25, 0.3) is 0 Å². The molecule has 0 bridgehead atoms. The minimum Gasteiger partial charge on any atom is -0.329 e. The number of nitrogens with one attached hydrogen (secondary N) is 1. The van der Waals surface area contributed by atoms with Crippen LogP contribution in [0.2, 0.25) is 5.02 Å². The van der Waals surface area contributed by atoms with Gasteiger partial charge in [-0.05, 0) is 24.8 Å². The van der Waals surface area contributed by atoms with E-state index in [0.717, 1.165) is 25.3 Å². The van der Waals surface area contributed by atoms with Crippen molar-refractivity contribution in [3.63, 3.8) is 0 Å². The zero-order valence-electron chi connectivity index (χ0n) is 12.8. The lowest BCUT2D eigenvalue weighted by Crippen LogP contribution is -2.59. The van der Waals surface area contributed by atoms with Gasteiger partial charge < -0.3 is 5.73 Å². The van der Waals surface area contributed by atoms with Crippen LogP contribution in [0.15, 0.2) is 23.1 Å². The minimum atomic E-state index is -4.17. The highest BCUT2D eigenvalue weighted by Gasteiger charge is 2.42. The number of nitro benzene ring substituents is 1. The molecule has 0 radical (unpaired) electrons. The summed E-state index contributed by atoms with van der Waals surface area (Å²) in [5.74, 6) is 0.0394. The number of hydrogen-bond donors (Lipinski definition) is 2. The van der Waals surface area contributed by atoms with Crippen molar-refractivity contribution in [1.29, 1.82) is 0 Å². The van der Waals surface area contributed by atoms with Crippen molar-refractivity contribution in [2.45, 2.75) is 43.0 Å². The van der Waals surface area contributed by atoms with E-state index in [0.29, 0.717) is 6.42 Å². The molecule has 2 atom stereocenters. The highest BCUT2D eigenvalue weighted by molar-refractivity contribution is 7.89. The van der Waals surface area contributed by atoms with Gasteiger partial charge in [0.2, 0.25) is 10.0 Å². The van der Waals surface area contributed by atoms with E-state index < -0.39 is 31.1 Å². The molecule has 0 aliphatic heterocycles. The molecule has 0 spiro atoms. The number of nitrogens with two attached hydrogens (primary N) is 1. The van der Waals surface area contributed by atoms with Crippen molar-refractivity contribution >= 4 is 27.3 Å². The molecule has 1 aliphatic rings. The Balaban J connectivity index is 2.49. The summed E-state index contributed by atoms with van der Waals surface area (Å²) in [5.41, 5.74) is 4.51. The van der Waals surface area contributed by atoms with Gasteiger partial charge >= 0.3 is 0 Å². The molecule has 23 heavy (non-hydrogen) atoms. The van der Waals surface area contributed by atoms with E-state index in [1.54, 1.807) is 0 Å². The van der Waals surface area contributed by atoms with Crippen LogP contribution in [-0.4, -0.2) is 25.4 Å². The molecule has 128 valence electrons. The molecule has 0 heterocycles. The number of nitrogens with zero attached hydrogens (tertiary/aromatic N) is 1. The van der Waals surface area contributed by atoms with Crippen LogP contribution in [0.3, 0.4) is 0 Å². The van der Waals surface area contributed by atoms with Crippen molar-refractivity contribution in [3.05, 3.63) is 33.3 Å². The third kappa shape index (κ3) is 3.50. The van der Waals surface area contributed by atoms with E-state index >= 15 is 0 Å². The van der Waals surface area contributed by atoms with E-state index in [1.807, 2.05) is 6.92 Å². The zero-order chi connectivity index (χ0) is 17.3. The fourth-order valence-electron chi connectivity index (χ4n) is 3.14. The fourth-order valence-corrected chi connectivity index (χ4v) is 5.38. The van der Waals surface area contributed by atoms with Crippen molar-refractivity contribution in [3.8, 4) is 0 Å². The Hall–Kier alpha value is -1.22. The maximum Gasteiger partial charge on any atom is 0.290 e. The number of halogens is 1. The average Bonchev–Trinajstić information content (AvgIpc) is 2.49. The van der Waals surface area contributed by atoms with Gasteiger partial charge in [0.15, 0.2) is 4.90 Å². The van der Waals surface area contributed by atoms with Crippen LogP contribution < -0.4 is 10.5 Å². The maximum absolute atomic E-state index is 12.8. The predicted octanol–water partition coefficient (Wildman–Crippen LogP) is 2.43. The Morgan fingerprint density at radius 2 is 2.17 bits per heavy atom. The van der Waals surface area contributed by atoms with Crippen molar-refractivity contribution in [1.82, 2.24) is 4.72 Å². The van der Waals surface area contributed by atoms with Crippen molar-refractivity contribution in [2.75, 3.05) is 6.54 Å². The smallest absolute Gasteiger partial charge is 0.290 e. The molecule has 1 fully saturated rings. The van der Waals surface area contributed by atoms with Crippen LogP contribution in [0.1, 0.15) is 32.6 Å². The molecule has 2 rings (SSSR count). The summed E-state index contributed by atoms with van der Waals surface area (Å²) in [6.07, 6.45) is 3.32. The van der Waals surface area contributed by atoms with E-state index in [4.69, 9.17) is 17.3 Å². The Labute approximate surface area is 140 Å². The molecular weight excluding hydrogens is 342 g/mol. The third-order valence-corrected chi connectivity index (χ3v) is 6.64.